The smallest absolute Gasteiger partial charge is 0.221 e. The minimum atomic E-state index is -0.239. The van der Waals surface area contributed by atoms with E-state index in [2.05, 4.69) is 48.1 Å². The Morgan fingerprint density at radius 2 is 0.872 bits per heavy atom. The Hall–Kier alpha value is -4.58. The van der Waals surface area contributed by atoms with Gasteiger partial charge in [-0.2, -0.15) is 0 Å². The van der Waals surface area contributed by atoms with Crippen molar-refractivity contribution in [1.29, 1.82) is 0 Å². The number of hydrogen-bond donors (Lipinski definition) is 0. The van der Waals surface area contributed by atoms with E-state index in [-0.39, 0.29) is 5.41 Å². The highest BCUT2D eigenvalue weighted by Crippen LogP contribution is 2.33. The maximum absolute atomic E-state index is 5.62. The van der Waals surface area contributed by atoms with Crippen molar-refractivity contribution in [2.24, 2.45) is 9.98 Å². The van der Waals surface area contributed by atoms with Crippen LogP contribution >= 0.6 is 0 Å². The molecular weight excluding hydrogens is 488 g/mol. The molecule has 0 fully saturated rings. The molecule has 4 aromatic rings. The third kappa shape index (κ3) is 6.12. The van der Waals surface area contributed by atoms with Crippen LogP contribution < -0.4 is 9.47 Å². The predicted molar refractivity (Wildman–Crippen MR) is 157 cm³/mol. The molecule has 0 aromatic heterocycles. The molecule has 0 bridgehead atoms. The maximum Gasteiger partial charge on any atom is 0.221 e. The monoisotopic (exact) mass is 522 g/mol. The van der Waals surface area contributed by atoms with Crippen LogP contribution in [0.15, 0.2) is 107 Å². The Kier molecular flexibility index (Phi) is 8.67. The number of hydrogen-bond acceptors (Lipinski definition) is 6. The van der Waals surface area contributed by atoms with Crippen LogP contribution in [0.1, 0.15) is 36.1 Å². The number of aliphatic imine (C=N–C) groups is 2. The average molecular weight is 523 g/mol. The van der Waals surface area contributed by atoms with Crippen molar-refractivity contribution in [1.82, 2.24) is 0 Å². The molecule has 0 saturated carbocycles. The molecule has 39 heavy (non-hydrogen) atoms. The highest BCUT2D eigenvalue weighted by atomic mass is 16.5. The second-order valence-corrected chi connectivity index (χ2v) is 9.37. The molecule has 6 nitrogen and oxygen atoms in total. The predicted octanol–water partition coefficient (Wildman–Crippen LogP) is 7.48. The summed E-state index contributed by atoms with van der Waals surface area (Å²) in [5.74, 6) is 2.43. The fourth-order valence-corrected chi connectivity index (χ4v) is 4.34. The Balaban J connectivity index is 1.58. The van der Waals surface area contributed by atoms with Crippen LogP contribution in [-0.2, 0) is 14.9 Å². The largest absolute Gasteiger partial charge is 0.494 e. The first kappa shape index (κ1) is 27.5. The van der Waals surface area contributed by atoms with Gasteiger partial charge < -0.3 is 18.9 Å². The molecule has 0 atom stereocenters. The van der Waals surface area contributed by atoms with Crippen molar-refractivity contribution in [2.75, 3.05) is 28.4 Å². The van der Waals surface area contributed by atoms with Gasteiger partial charge in [-0.1, -0.05) is 62.4 Å². The van der Waals surface area contributed by atoms with Crippen LogP contribution in [0.3, 0.4) is 0 Å². The van der Waals surface area contributed by atoms with E-state index in [0.29, 0.717) is 34.7 Å². The average Bonchev–Trinajstić information content (AvgIpc) is 2.99. The van der Waals surface area contributed by atoms with Gasteiger partial charge in [0.2, 0.25) is 11.8 Å². The van der Waals surface area contributed by atoms with E-state index in [1.807, 2.05) is 72.8 Å². The van der Waals surface area contributed by atoms with Gasteiger partial charge in [-0.3, -0.25) is 0 Å². The van der Waals surface area contributed by atoms with Crippen LogP contribution in [-0.4, -0.2) is 40.2 Å². The molecule has 6 heteroatoms. The molecule has 0 aliphatic rings. The molecule has 4 rings (SSSR count). The molecule has 0 saturated heterocycles. The molecule has 0 aliphatic heterocycles. The third-order valence-corrected chi connectivity index (χ3v) is 6.71. The van der Waals surface area contributed by atoms with Gasteiger partial charge in [0.15, 0.2) is 0 Å². The highest BCUT2D eigenvalue weighted by Gasteiger charge is 2.24. The molecular formula is C33H34N2O4. The lowest BCUT2D eigenvalue weighted by molar-refractivity contribution is 0.402. The molecule has 4 aromatic carbocycles. The van der Waals surface area contributed by atoms with Crippen LogP contribution in [0.25, 0.3) is 0 Å². The fourth-order valence-electron chi connectivity index (χ4n) is 4.34. The van der Waals surface area contributed by atoms with Crippen molar-refractivity contribution in [3.63, 3.8) is 0 Å². The van der Waals surface area contributed by atoms with Crippen molar-refractivity contribution in [2.45, 2.75) is 19.3 Å². The van der Waals surface area contributed by atoms with E-state index in [4.69, 9.17) is 18.9 Å². The van der Waals surface area contributed by atoms with Crippen molar-refractivity contribution < 1.29 is 18.9 Å². The topological polar surface area (TPSA) is 61.6 Å². The van der Waals surface area contributed by atoms with Gasteiger partial charge in [0.05, 0.1) is 28.4 Å². The van der Waals surface area contributed by atoms with Gasteiger partial charge in [-0.05, 0) is 59.7 Å². The van der Waals surface area contributed by atoms with E-state index >= 15 is 0 Å². The van der Waals surface area contributed by atoms with Crippen LogP contribution in [0.5, 0.6) is 11.5 Å². The number of para-hydroxylation sites is 4. The minimum Gasteiger partial charge on any atom is -0.494 e. The molecule has 0 N–H and O–H groups in total. The zero-order valence-electron chi connectivity index (χ0n) is 23.3. The molecule has 0 spiro atoms. The van der Waals surface area contributed by atoms with Gasteiger partial charge in [0.25, 0.3) is 0 Å². The van der Waals surface area contributed by atoms with Gasteiger partial charge in [0.1, 0.15) is 22.9 Å². The summed E-state index contributed by atoms with van der Waals surface area (Å²) in [6.07, 6.45) is 0. The van der Waals surface area contributed by atoms with Crippen molar-refractivity contribution in [3.05, 3.63) is 119 Å². The van der Waals surface area contributed by atoms with Gasteiger partial charge in [0, 0.05) is 16.5 Å². The second-order valence-electron chi connectivity index (χ2n) is 9.37. The van der Waals surface area contributed by atoms with E-state index in [9.17, 15) is 0 Å². The van der Waals surface area contributed by atoms with E-state index in [1.54, 1.807) is 28.4 Å². The first-order valence-corrected chi connectivity index (χ1v) is 12.6. The molecule has 200 valence electrons. The summed E-state index contributed by atoms with van der Waals surface area (Å²) < 4.78 is 22.1. The molecule has 0 heterocycles. The number of rotatable bonds is 8. The molecule has 0 unspecified atom stereocenters. The standard InChI is InChI=1S/C33H34N2O4/c1-33(2,25-19-15-23(16-20-25)31(38-5)34-27-11-7-9-13-29(27)36-3)26-21-17-24(18-22-26)32(39-6)35-28-12-8-10-14-30(28)37-4/h7-22H,1-6H3/b34-31-,35-32-. The van der Waals surface area contributed by atoms with E-state index < -0.39 is 0 Å². The van der Waals surface area contributed by atoms with E-state index in [0.717, 1.165) is 11.1 Å². The first-order valence-electron chi connectivity index (χ1n) is 12.6. The van der Waals surface area contributed by atoms with Crippen LogP contribution in [0.2, 0.25) is 0 Å². The fraction of sp³-hybridized carbons (Fsp3) is 0.212. The first-order chi connectivity index (χ1) is 18.9. The third-order valence-electron chi connectivity index (χ3n) is 6.71. The number of nitrogens with zero attached hydrogens (tertiary/aromatic N) is 2. The quantitative estimate of drug-likeness (QED) is 0.178. The highest BCUT2D eigenvalue weighted by molar-refractivity contribution is 5.97. The zero-order chi connectivity index (χ0) is 27.8. The summed E-state index contributed by atoms with van der Waals surface area (Å²) in [6, 6.07) is 31.8. The normalized spacial score (nSPS) is 12.2. The summed E-state index contributed by atoms with van der Waals surface area (Å²) in [7, 11) is 6.51. The van der Waals surface area contributed by atoms with Gasteiger partial charge in [-0.25, -0.2) is 9.98 Å². The summed E-state index contributed by atoms with van der Waals surface area (Å²) in [6.45, 7) is 4.41. The van der Waals surface area contributed by atoms with Crippen molar-refractivity contribution in [3.8, 4) is 11.5 Å². The Morgan fingerprint density at radius 1 is 0.513 bits per heavy atom. The lowest BCUT2D eigenvalue weighted by Crippen LogP contribution is -2.19. The lowest BCUT2D eigenvalue weighted by atomic mass is 9.78. The molecule has 0 aliphatic carbocycles. The maximum atomic E-state index is 5.62. The van der Waals surface area contributed by atoms with Crippen molar-refractivity contribution >= 4 is 23.2 Å². The summed E-state index contributed by atoms with van der Waals surface area (Å²) in [4.78, 5) is 9.36. The Morgan fingerprint density at radius 3 is 1.21 bits per heavy atom. The van der Waals surface area contributed by atoms with E-state index in [1.165, 1.54) is 11.1 Å². The second kappa shape index (κ2) is 12.3. The minimum absolute atomic E-state index is 0.239. The van der Waals surface area contributed by atoms with Crippen LogP contribution in [0.4, 0.5) is 11.4 Å². The number of benzene rings is 4. The van der Waals surface area contributed by atoms with Gasteiger partial charge in [-0.15, -0.1) is 0 Å². The van der Waals surface area contributed by atoms with Gasteiger partial charge >= 0.3 is 0 Å². The Bertz CT molecular complexity index is 1350. The summed E-state index contributed by atoms with van der Waals surface area (Å²) >= 11 is 0. The lowest BCUT2D eigenvalue weighted by Gasteiger charge is -2.26. The molecule has 0 radical (unpaired) electrons. The van der Waals surface area contributed by atoms with Crippen LogP contribution in [0, 0.1) is 0 Å². The number of ether oxygens (including phenoxy) is 4. The zero-order valence-corrected chi connectivity index (χ0v) is 23.3. The Labute approximate surface area is 230 Å². The SMILES string of the molecule is CO/C(=N\c1ccccc1OC)c1ccc(C(C)(C)c2ccc(/C(=N/c3ccccc3OC)OC)cc2)cc1. The molecule has 0 amide bonds. The summed E-state index contributed by atoms with van der Waals surface area (Å²) in [5, 5.41) is 0. The summed E-state index contributed by atoms with van der Waals surface area (Å²) in [5.41, 5.74) is 5.29. The number of methoxy groups -OCH3 is 4.